The highest BCUT2D eigenvalue weighted by Crippen LogP contribution is 2.39. The zero-order chi connectivity index (χ0) is 30.1. The lowest BCUT2D eigenvalue weighted by Gasteiger charge is -2.25. The van der Waals surface area contributed by atoms with E-state index in [1.54, 1.807) is 16.8 Å². The Hall–Kier alpha value is -3.76. The molecule has 2 unspecified atom stereocenters. The quantitative estimate of drug-likeness (QED) is 0.236. The zero-order valence-corrected chi connectivity index (χ0v) is 24.2. The SMILES string of the molecule is CC.CCC(c1nc2cc(F)c(-c3cnc4c(c3)CCC4(C)N)cc2n1-c1c(C=O)cccc1OC(F)F)N(C)C. The molecule has 2 aromatic carbocycles. The normalized spacial score (nSPS) is 17.0. The number of fused-ring (bicyclic) bond motifs is 2. The van der Waals surface area contributed by atoms with Gasteiger partial charge in [0.15, 0.2) is 12.0 Å². The maximum atomic E-state index is 15.6. The van der Waals surface area contributed by atoms with Crippen molar-refractivity contribution in [3.8, 4) is 22.6 Å². The Kier molecular flexibility index (Phi) is 8.84. The lowest BCUT2D eigenvalue weighted by atomic mass is 9.99. The Bertz CT molecular complexity index is 1570. The highest BCUT2D eigenvalue weighted by molar-refractivity contribution is 5.89. The number of alkyl halides is 2. The van der Waals surface area contributed by atoms with Crippen LogP contribution in [0.4, 0.5) is 13.2 Å². The maximum absolute atomic E-state index is 15.6. The average molecular weight is 568 g/mol. The zero-order valence-electron chi connectivity index (χ0n) is 24.2. The molecule has 5 rings (SSSR count). The second-order valence-electron chi connectivity index (χ2n) is 10.4. The van der Waals surface area contributed by atoms with E-state index in [2.05, 4.69) is 4.98 Å². The van der Waals surface area contributed by atoms with E-state index in [9.17, 15) is 13.6 Å². The molecular weight excluding hydrogens is 531 g/mol. The predicted molar refractivity (Wildman–Crippen MR) is 154 cm³/mol. The molecule has 4 aromatic rings. The lowest BCUT2D eigenvalue weighted by molar-refractivity contribution is -0.0498. The van der Waals surface area contributed by atoms with Crippen molar-refractivity contribution < 1.29 is 22.7 Å². The fourth-order valence-corrected chi connectivity index (χ4v) is 5.52. The Morgan fingerprint density at radius 3 is 2.59 bits per heavy atom. The fraction of sp³-hybridized carbons (Fsp3) is 0.387. The van der Waals surface area contributed by atoms with Crippen LogP contribution in [-0.4, -0.2) is 46.4 Å². The minimum atomic E-state index is -3.11. The van der Waals surface area contributed by atoms with Gasteiger partial charge in [0.1, 0.15) is 17.3 Å². The first-order valence-corrected chi connectivity index (χ1v) is 13.8. The number of benzene rings is 2. The number of aldehydes is 1. The third kappa shape index (κ3) is 5.58. The molecule has 0 saturated carbocycles. The van der Waals surface area contributed by atoms with E-state index in [-0.39, 0.29) is 28.6 Å². The van der Waals surface area contributed by atoms with Gasteiger partial charge in [-0.05, 0) is 70.1 Å². The molecule has 218 valence electrons. The van der Waals surface area contributed by atoms with E-state index in [0.717, 1.165) is 24.1 Å². The van der Waals surface area contributed by atoms with Gasteiger partial charge < -0.3 is 10.5 Å². The summed E-state index contributed by atoms with van der Waals surface area (Å²) < 4.78 is 49.0. The van der Waals surface area contributed by atoms with Crippen molar-refractivity contribution in [2.24, 2.45) is 5.73 Å². The van der Waals surface area contributed by atoms with Crippen LogP contribution in [0.15, 0.2) is 42.6 Å². The Morgan fingerprint density at radius 2 is 1.95 bits per heavy atom. The predicted octanol–water partition coefficient (Wildman–Crippen LogP) is 6.80. The Balaban J connectivity index is 0.00000189. The number of para-hydroxylation sites is 1. The van der Waals surface area contributed by atoms with Crippen LogP contribution < -0.4 is 10.5 Å². The third-order valence-corrected chi connectivity index (χ3v) is 7.41. The number of nitrogens with zero attached hydrogens (tertiary/aromatic N) is 4. The number of aromatic nitrogens is 3. The van der Waals surface area contributed by atoms with Gasteiger partial charge in [-0.1, -0.05) is 26.8 Å². The van der Waals surface area contributed by atoms with Gasteiger partial charge in [0.25, 0.3) is 0 Å². The summed E-state index contributed by atoms with van der Waals surface area (Å²) in [5, 5.41) is 0. The topological polar surface area (TPSA) is 86.3 Å². The van der Waals surface area contributed by atoms with Crippen molar-refractivity contribution in [2.75, 3.05) is 14.1 Å². The van der Waals surface area contributed by atoms with Crippen LogP contribution in [0.25, 0.3) is 27.8 Å². The largest absolute Gasteiger partial charge is 0.433 e. The van der Waals surface area contributed by atoms with E-state index in [0.29, 0.717) is 35.1 Å². The maximum Gasteiger partial charge on any atom is 0.387 e. The summed E-state index contributed by atoms with van der Waals surface area (Å²) in [5.41, 5.74) is 9.44. The minimum absolute atomic E-state index is 0.120. The van der Waals surface area contributed by atoms with Gasteiger partial charge in [0.05, 0.1) is 28.3 Å². The molecule has 0 bridgehead atoms. The number of carbonyl (C=O) groups excluding carboxylic acids is 1. The molecule has 1 aliphatic carbocycles. The number of nitrogens with two attached hydrogens (primary N) is 1. The molecule has 0 fully saturated rings. The highest BCUT2D eigenvalue weighted by atomic mass is 19.3. The summed E-state index contributed by atoms with van der Waals surface area (Å²) in [7, 11) is 3.74. The van der Waals surface area contributed by atoms with Crippen LogP contribution in [0.1, 0.15) is 74.0 Å². The van der Waals surface area contributed by atoms with Crippen molar-refractivity contribution in [1.29, 1.82) is 0 Å². The molecular formula is C31H36F3N5O2. The molecule has 0 radical (unpaired) electrons. The van der Waals surface area contributed by atoms with Crippen molar-refractivity contribution in [3.05, 3.63) is 71.1 Å². The summed E-state index contributed by atoms with van der Waals surface area (Å²) in [6.45, 7) is 4.78. The monoisotopic (exact) mass is 567 g/mol. The fourth-order valence-electron chi connectivity index (χ4n) is 5.52. The minimum Gasteiger partial charge on any atom is -0.433 e. The van der Waals surface area contributed by atoms with E-state index < -0.39 is 18.0 Å². The first kappa shape index (κ1) is 30.2. The number of aryl methyl sites for hydroxylation is 1. The van der Waals surface area contributed by atoms with Crippen LogP contribution >= 0.6 is 0 Å². The van der Waals surface area contributed by atoms with Gasteiger partial charge in [-0.25, -0.2) is 9.37 Å². The molecule has 7 nitrogen and oxygen atoms in total. The summed E-state index contributed by atoms with van der Waals surface area (Å²) in [6.07, 6.45) is 4.28. The first-order valence-electron chi connectivity index (χ1n) is 13.8. The standard InChI is InChI=1S/C29H30F3N5O2.C2H6/c1-5-22(36(3)4)27-35-21-13-20(30)19(18-11-16-9-10-29(2,33)26(16)34-14-18)12-23(21)37(27)25-17(15-38)7-6-8-24(25)39-28(31)32;1-2/h6-8,11-15,22,28H,5,9-10,33H2,1-4H3;1-2H3. The molecule has 10 heteroatoms. The molecule has 2 heterocycles. The van der Waals surface area contributed by atoms with Crippen molar-refractivity contribution in [3.63, 3.8) is 0 Å². The molecule has 2 aromatic heterocycles. The second kappa shape index (κ2) is 12.0. The molecule has 41 heavy (non-hydrogen) atoms. The van der Waals surface area contributed by atoms with E-state index >= 15 is 4.39 Å². The number of halogens is 3. The van der Waals surface area contributed by atoms with Crippen LogP contribution in [0.2, 0.25) is 0 Å². The smallest absolute Gasteiger partial charge is 0.387 e. The molecule has 2 N–H and O–H groups in total. The second-order valence-corrected chi connectivity index (χ2v) is 10.4. The van der Waals surface area contributed by atoms with Crippen LogP contribution in [0, 0.1) is 5.82 Å². The van der Waals surface area contributed by atoms with Gasteiger partial charge in [-0.3, -0.25) is 19.2 Å². The van der Waals surface area contributed by atoms with Gasteiger partial charge in [-0.15, -0.1) is 0 Å². The third-order valence-electron chi connectivity index (χ3n) is 7.41. The van der Waals surface area contributed by atoms with Gasteiger partial charge in [-0.2, -0.15) is 8.78 Å². The number of imidazole rings is 1. The number of carbonyl (C=O) groups is 1. The van der Waals surface area contributed by atoms with Gasteiger partial charge >= 0.3 is 6.61 Å². The number of hydrogen-bond donors (Lipinski definition) is 1. The number of hydrogen-bond acceptors (Lipinski definition) is 6. The van der Waals surface area contributed by atoms with Crippen molar-refractivity contribution in [2.45, 2.75) is 65.1 Å². The average Bonchev–Trinajstić information content (AvgIpc) is 3.44. The summed E-state index contributed by atoms with van der Waals surface area (Å²) in [6, 6.07) is 8.93. The number of pyridine rings is 1. The Morgan fingerprint density at radius 1 is 1.22 bits per heavy atom. The number of rotatable bonds is 8. The highest BCUT2D eigenvalue weighted by Gasteiger charge is 2.32. The molecule has 0 saturated heterocycles. The van der Waals surface area contributed by atoms with E-state index in [1.807, 2.05) is 52.8 Å². The summed E-state index contributed by atoms with van der Waals surface area (Å²) in [5.74, 6) is -0.218. The molecule has 2 atom stereocenters. The molecule has 0 amide bonds. The van der Waals surface area contributed by atoms with Crippen LogP contribution in [0.5, 0.6) is 5.75 Å². The molecule has 0 aliphatic heterocycles. The first-order chi connectivity index (χ1) is 19.6. The van der Waals surface area contributed by atoms with Gasteiger partial charge in [0, 0.05) is 29.0 Å². The van der Waals surface area contributed by atoms with Gasteiger partial charge in [0.2, 0.25) is 0 Å². The summed E-state index contributed by atoms with van der Waals surface area (Å²) in [4.78, 5) is 23.4. The van der Waals surface area contributed by atoms with Crippen LogP contribution in [-0.2, 0) is 12.0 Å². The van der Waals surface area contributed by atoms with Crippen molar-refractivity contribution >= 4 is 17.3 Å². The van der Waals surface area contributed by atoms with E-state index in [1.165, 1.54) is 24.3 Å². The van der Waals surface area contributed by atoms with Crippen molar-refractivity contribution in [1.82, 2.24) is 19.4 Å². The summed E-state index contributed by atoms with van der Waals surface area (Å²) >= 11 is 0. The number of ether oxygens (including phenoxy) is 1. The lowest BCUT2D eigenvalue weighted by Crippen LogP contribution is -2.30. The van der Waals surface area contributed by atoms with E-state index in [4.69, 9.17) is 15.5 Å². The Labute approximate surface area is 238 Å². The van der Waals surface area contributed by atoms with Crippen LogP contribution in [0.3, 0.4) is 0 Å². The molecule has 1 aliphatic rings. The molecule has 0 spiro atoms.